The average Bonchev–Trinajstić information content (AvgIpc) is 2.71. The summed E-state index contributed by atoms with van der Waals surface area (Å²) in [5.41, 5.74) is 2.68. The Morgan fingerprint density at radius 1 is 1.00 bits per heavy atom. The Hall–Kier alpha value is -2.46. The third-order valence-corrected chi connectivity index (χ3v) is 3.54. The zero-order chi connectivity index (χ0) is 15.0. The molecule has 0 bridgehead atoms. The van der Waals surface area contributed by atoms with E-state index in [4.69, 9.17) is 4.74 Å². The lowest BCUT2D eigenvalue weighted by Crippen LogP contribution is -2.20. The van der Waals surface area contributed by atoms with E-state index in [9.17, 15) is 14.7 Å². The molecule has 0 aromatic heterocycles. The predicted octanol–water partition coefficient (Wildman–Crippen LogP) is 2.31. The Labute approximate surface area is 122 Å². The normalized spacial score (nSPS) is 17.0. The number of aliphatic hydroxyl groups is 1. The van der Waals surface area contributed by atoms with Crippen LogP contribution < -0.4 is 4.74 Å². The van der Waals surface area contributed by atoms with Crippen LogP contribution in [0.1, 0.15) is 31.8 Å². The molecule has 0 fully saturated rings. The molecule has 0 radical (unpaired) electrons. The lowest BCUT2D eigenvalue weighted by molar-refractivity contribution is 0.0663. The average molecular weight is 282 g/mol. The zero-order valence-corrected chi connectivity index (χ0v) is 11.5. The van der Waals surface area contributed by atoms with Crippen molar-refractivity contribution in [3.05, 3.63) is 64.7 Å². The first kappa shape index (κ1) is 13.5. The highest BCUT2D eigenvalue weighted by Gasteiger charge is 2.37. The number of hydrogen-bond acceptors (Lipinski definition) is 4. The van der Waals surface area contributed by atoms with Crippen molar-refractivity contribution in [3.63, 3.8) is 0 Å². The molecule has 0 heterocycles. The Balaban J connectivity index is 1.78. The van der Waals surface area contributed by atoms with Gasteiger partial charge < -0.3 is 9.84 Å². The maximum Gasteiger partial charge on any atom is 0.200 e. The number of aliphatic hydroxyl groups excluding tert-OH is 1. The first-order valence-electron chi connectivity index (χ1n) is 6.65. The van der Waals surface area contributed by atoms with Gasteiger partial charge in [0.1, 0.15) is 12.4 Å². The fourth-order valence-corrected chi connectivity index (χ4v) is 2.30. The van der Waals surface area contributed by atoms with E-state index in [1.54, 1.807) is 6.07 Å². The number of benzene rings is 2. The lowest BCUT2D eigenvalue weighted by atomic mass is 10.1. The van der Waals surface area contributed by atoms with Gasteiger partial charge in [-0.25, -0.2) is 0 Å². The number of aryl methyl sites for hydroxylation is 1. The fraction of sp³-hybridized carbons (Fsp3) is 0.176. The van der Waals surface area contributed by atoms with Crippen LogP contribution in [0.15, 0.2) is 42.5 Å². The van der Waals surface area contributed by atoms with Crippen molar-refractivity contribution < 1.29 is 19.4 Å². The monoisotopic (exact) mass is 282 g/mol. The SMILES string of the molecule is Cc1ccc(COc2ccc3c(c2)C(=O)C(O)C3=O)cc1. The van der Waals surface area contributed by atoms with Crippen molar-refractivity contribution in [1.29, 1.82) is 0 Å². The molecule has 0 saturated carbocycles. The summed E-state index contributed by atoms with van der Waals surface area (Å²) in [4.78, 5) is 23.4. The highest BCUT2D eigenvalue weighted by molar-refractivity contribution is 6.28. The molecule has 1 unspecified atom stereocenters. The van der Waals surface area contributed by atoms with Crippen molar-refractivity contribution in [3.8, 4) is 5.75 Å². The molecule has 1 atom stereocenters. The van der Waals surface area contributed by atoms with Gasteiger partial charge in [0.05, 0.1) is 0 Å². The maximum absolute atomic E-state index is 11.7. The Morgan fingerprint density at radius 3 is 2.38 bits per heavy atom. The molecule has 4 heteroatoms. The minimum Gasteiger partial charge on any atom is -0.489 e. The molecule has 1 N–H and O–H groups in total. The summed E-state index contributed by atoms with van der Waals surface area (Å²) >= 11 is 0. The molecular formula is C17H14O4. The lowest BCUT2D eigenvalue weighted by Gasteiger charge is -2.07. The number of hydrogen-bond donors (Lipinski definition) is 1. The van der Waals surface area contributed by atoms with Crippen molar-refractivity contribution in [2.75, 3.05) is 0 Å². The highest BCUT2D eigenvalue weighted by Crippen LogP contribution is 2.27. The predicted molar refractivity (Wildman–Crippen MR) is 76.6 cm³/mol. The topological polar surface area (TPSA) is 63.6 Å². The fourth-order valence-electron chi connectivity index (χ4n) is 2.30. The van der Waals surface area contributed by atoms with Gasteiger partial charge in [-0.3, -0.25) is 9.59 Å². The summed E-state index contributed by atoms with van der Waals surface area (Å²) in [5.74, 6) is -0.597. The van der Waals surface area contributed by atoms with E-state index in [-0.39, 0.29) is 11.1 Å². The van der Waals surface area contributed by atoms with Crippen LogP contribution in [0.5, 0.6) is 5.75 Å². The summed E-state index contributed by atoms with van der Waals surface area (Å²) in [5, 5.41) is 9.47. The molecule has 4 nitrogen and oxygen atoms in total. The molecular weight excluding hydrogens is 268 g/mol. The van der Waals surface area contributed by atoms with Crippen LogP contribution in [0.2, 0.25) is 0 Å². The molecule has 21 heavy (non-hydrogen) atoms. The quantitative estimate of drug-likeness (QED) is 0.877. The van der Waals surface area contributed by atoms with Gasteiger partial charge in [0, 0.05) is 11.1 Å². The van der Waals surface area contributed by atoms with Crippen LogP contribution in [0.3, 0.4) is 0 Å². The minimum atomic E-state index is -1.56. The molecule has 2 aromatic rings. The molecule has 3 rings (SSSR count). The van der Waals surface area contributed by atoms with E-state index in [0.717, 1.165) is 5.56 Å². The van der Waals surface area contributed by atoms with Gasteiger partial charge in [0.15, 0.2) is 17.7 Å². The molecule has 0 amide bonds. The third-order valence-electron chi connectivity index (χ3n) is 3.54. The number of carbonyl (C=O) groups is 2. The second kappa shape index (κ2) is 5.14. The largest absolute Gasteiger partial charge is 0.489 e. The molecule has 1 aliphatic carbocycles. The third kappa shape index (κ3) is 2.45. The van der Waals surface area contributed by atoms with Crippen LogP contribution in [0, 0.1) is 6.92 Å². The van der Waals surface area contributed by atoms with Crippen LogP contribution >= 0.6 is 0 Å². The number of rotatable bonds is 3. The van der Waals surface area contributed by atoms with Crippen LogP contribution in [-0.2, 0) is 6.61 Å². The van der Waals surface area contributed by atoms with Gasteiger partial charge in [-0.05, 0) is 30.7 Å². The smallest absolute Gasteiger partial charge is 0.200 e. The Morgan fingerprint density at radius 2 is 1.67 bits per heavy atom. The van der Waals surface area contributed by atoms with Gasteiger partial charge in [0.2, 0.25) is 0 Å². The zero-order valence-electron chi connectivity index (χ0n) is 11.5. The van der Waals surface area contributed by atoms with Crippen molar-refractivity contribution in [2.24, 2.45) is 0 Å². The van der Waals surface area contributed by atoms with Crippen LogP contribution in [0.4, 0.5) is 0 Å². The van der Waals surface area contributed by atoms with Crippen molar-refractivity contribution >= 4 is 11.6 Å². The van der Waals surface area contributed by atoms with E-state index in [0.29, 0.717) is 12.4 Å². The van der Waals surface area contributed by atoms with Gasteiger partial charge in [0.25, 0.3) is 0 Å². The van der Waals surface area contributed by atoms with E-state index in [2.05, 4.69) is 0 Å². The number of carbonyl (C=O) groups excluding carboxylic acids is 2. The number of fused-ring (bicyclic) bond motifs is 1. The van der Waals surface area contributed by atoms with Crippen LogP contribution in [0.25, 0.3) is 0 Å². The van der Waals surface area contributed by atoms with E-state index in [1.807, 2.05) is 31.2 Å². The van der Waals surface area contributed by atoms with Gasteiger partial charge in [-0.15, -0.1) is 0 Å². The minimum absolute atomic E-state index is 0.230. The van der Waals surface area contributed by atoms with Crippen LogP contribution in [-0.4, -0.2) is 22.8 Å². The standard InChI is InChI=1S/C17H14O4/c1-10-2-4-11(5-3-10)9-21-12-6-7-13-14(8-12)16(19)17(20)15(13)18/h2-8,17,20H,9H2,1H3. The Kier molecular flexibility index (Phi) is 3.31. The summed E-state index contributed by atoms with van der Waals surface area (Å²) < 4.78 is 5.63. The summed E-state index contributed by atoms with van der Waals surface area (Å²) in [6.45, 7) is 2.39. The number of Topliss-reactive ketones (excluding diaryl/α,β-unsaturated/α-hetero) is 2. The first-order valence-corrected chi connectivity index (χ1v) is 6.65. The molecule has 1 aliphatic rings. The molecule has 0 saturated heterocycles. The van der Waals surface area contributed by atoms with Gasteiger partial charge in [-0.2, -0.15) is 0 Å². The molecule has 0 spiro atoms. The molecule has 0 aliphatic heterocycles. The van der Waals surface area contributed by atoms with Crippen molar-refractivity contribution in [2.45, 2.75) is 19.6 Å². The van der Waals surface area contributed by atoms with Gasteiger partial charge >= 0.3 is 0 Å². The summed E-state index contributed by atoms with van der Waals surface area (Å²) in [6.07, 6.45) is -1.56. The number of ketones is 2. The van der Waals surface area contributed by atoms with Crippen molar-refractivity contribution in [1.82, 2.24) is 0 Å². The van der Waals surface area contributed by atoms with E-state index in [1.165, 1.54) is 17.7 Å². The summed E-state index contributed by atoms with van der Waals surface area (Å²) in [6, 6.07) is 12.6. The Bertz CT molecular complexity index is 716. The van der Waals surface area contributed by atoms with Gasteiger partial charge in [-0.1, -0.05) is 29.8 Å². The first-order chi connectivity index (χ1) is 10.1. The maximum atomic E-state index is 11.7. The number of ether oxygens (including phenoxy) is 1. The molecule has 2 aromatic carbocycles. The summed E-state index contributed by atoms with van der Waals surface area (Å²) in [7, 11) is 0. The highest BCUT2D eigenvalue weighted by atomic mass is 16.5. The molecule has 106 valence electrons. The van der Waals surface area contributed by atoms with E-state index < -0.39 is 17.7 Å². The van der Waals surface area contributed by atoms with E-state index >= 15 is 0 Å². The second-order valence-corrected chi connectivity index (χ2v) is 5.11. The second-order valence-electron chi connectivity index (χ2n) is 5.11.